The van der Waals surface area contributed by atoms with E-state index >= 15 is 0 Å². The van der Waals surface area contributed by atoms with Gasteiger partial charge in [0.25, 0.3) is 0 Å². The second-order valence-electron chi connectivity index (χ2n) is 3.03. The molecule has 0 aliphatic carbocycles. The van der Waals surface area contributed by atoms with Crippen LogP contribution in [0.5, 0.6) is 0 Å². The quantitative estimate of drug-likeness (QED) is 0.639. The zero-order valence-electron chi connectivity index (χ0n) is 7.53. The lowest BCUT2D eigenvalue weighted by Gasteiger charge is -1.97. The zero-order valence-corrected chi connectivity index (χ0v) is 7.53. The molecule has 13 heavy (non-hydrogen) atoms. The standard InChI is InChI=1S/C11H11NO/c1-9-4-6-10(7-5-9)12-11-3-2-8-13-11/h2,4-8H,3H2,1H3. The topological polar surface area (TPSA) is 21.6 Å². The van der Waals surface area contributed by atoms with E-state index in [-0.39, 0.29) is 0 Å². The van der Waals surface area contributed by atoms with E-state index in [2.05, 4.69) is 11.9 Å². The van der Waals surface area contributed by atoms with Gasteiger partial charge >= 0.3 is 0 Å². The summed E-state index contributed by atoms with van der Waals surface area (Å²) in [4.78, 5) is 4.33. The van der Waals surface area contributed by atoms with Crippen LogP contribution in [0, 0.1) is 6.92 Å². The summed E-state index contributed by atoms with van der Waals surface area (Å²) in [6.45, 7) is 2.06. The summed E-state index contributed by atoms with van der Waals surface area (Å²) in [7, 11) is 0. The van der Waals surface area contributed by atoms with Gasteiger partial charge in [-0.1, -0.05) is 17.7 Å². The van der Waals surface area contributed by atoms with Crippen LogP contribution in [0.1, 0.15) is 12.0 Å². The van der Waals surface area contributed by atoms with Crippen LogP contribution >= 0.6 is 0 Å². The van der Waals surface area contributed by atoms with E-state index in [1.807, 2.05) is 30.3 Å². The summed E-state index contributed by atoms with van der Waals surface area (Å²) in [5.74, 6) is 0.767. The number of aryl methyl sites for hydroxylation is 1. The molecule has 0 unspecified atom stereocenters. The van der Waals surface area contributed by atoms with Gasteiger partial charge in [0.1, 0.15) is 0 Å². The molecule has 0 spiro atoms. The first kappa shape index (κ1) is 8.05. The van der Waals surface area contributed by atoms with Crippen molar-refractivity contribution in [2.24, 2.45) is 4.99 Å². The molecule has 1 aliphatic heterocycles. The molecule has 1 aliphatic rings. The summed E-state index contributed by atoms with van der Waals surface area (Å²) < 4.78 is 5.16. The van der Waals surface area contributed by atoms with Gasteiger partial charge in [0.2, 0.25) is 0 Å². The Morgan fingerprint density at radius 1 is 1.23 bits per heavy atom. The Labute approximate surface area is 77.6 Å². The van der Waals surface area contributed by atoms with E-state index < -0.39 is 0 Å². The first-order valence-corrected chi connectivity index (χ1v) is 4.30. The smallest absolute Gasteiger partial charge is 0.198 e. The molecule has 0 saturated carbocycles. The van der Waals surface area contributed by atoms with Gasteiger partial charge < -0.3 is 4.74 Å². The molecule has 2 rings (SSSR count). The van der Waals surface area contributed by atoms with E-state index in [4.69, 9.17) is 4.74 Å². The summed E-state index contributed by atoms with van der Waals surface area (Å²) in [5, 5.41) is 0. The van der Waals surface area contributed by atoms with E-state index in [1.54, 1.807) is 6.26 Å². The average molecular weight is 173 g/mol. The summed E-state index contributed by atoms with van der Waals surface area (Å²) in [5.41, 5.74) is 2.19. The molecular weight excluding hydrogens is 162 g/mol. The molecule has 0 fully saturated rings. The maximum atomic E-state index is 5.16. The van der Waals surface area contributed by atoms with Crippen LogP contribution in [-0.4, -0.2) is 5.90 Å². The summed E-state index contributed by atoms with van der Waals surface area (Å²) >= 11 is 0. The predicted octanol–water partition coefficient (Wildman–Crippen LogP) is 2.96. The first-order valence-electron chi connectivity index (χ1n) is 4.30. The van der Waals surface area contributed by atoms with Gasteiger partial charge in [0, 0.05) is 6.42 Å². The molecule has 1 aromatic carbocycles. The fourth-order valence-corrected chi connectivity index (χ4v) is 1.16. The lowest BCUT2D eigenvalue weighted by atomic mass is 10.2. The Kier molecular flexibility index (Phi) is 2.13. The molecule has 2 heteroatoms. The molecule has 2 nitrogen and oxygen atoms in total. The van der Waals surface area contributed by atoms with Crippen molar-refractivity contribution in [3.63, 3.8) is 0 Å². The molecule has 0 radical (unpaired) electrons. The van der Waals surface area contributed by atoms with Gasteiger partial charge in [-0.05, 0) is 25.1 Å². The summed E-state index contributed by atoms with van der Waals surface area (Å²) in [6, 6.07) is 8.07. The van der Waals surface area contributed by atoms with Crippen LogP contribution in [0.2, 0.25) is 0 Å². The Morgan fingerprint density at radius 2 is 2.00 bits per heavy atom. The number of aliphatic imine (C=N–C) groups is 1. The lowest BCUT2D eigenvalue weighted by Crippen LogP contribution is -1.90. The number of hydrogen-bond donors (Lipinski definition) is 0. The normalized spacial score (nSPS) is 17.8. The third-order valence-electron chi connectivity index (χ3n) is 1.88. The highest BCUT2D eigenvalue weighted by Crippen LogP contribution is 2.15. The van der Waals surface area contributed by atoms with Crippen molar-refractivity contribution >= 4 is 11.6 Å². The fraction of sp³-hybridized carbons (Fsp3) is 0.182. The minimum absolute atomic E-state index is 0.767. The van der Waals surface area contributed by atoms with Crippen molar-refractivity contribution in [2.75, 3.05) is 0 Å². The first-order chi connectivity index (χ1) is 6.34. The number of nitrogens with zero attached hydrogens (tertiary/aromatic N) is 1. The molecule has 0 aromatic heterocycles. The van der Waals surface area contributed by atoms with E-state index in [0.717, 1.165) is 18.0 Å². The Morgan fingerprint density at radius 3 is 2.62 bits per heavy atom. The lowest BCUT2D eigenvalue weighted by molar-refractivity contribution is 0.482. The van der Waals surface area contributed by atoms with E-state index in [1.165, 1.54) is 5.56 Å². The monoisotopic (exact) mass is 173 g/mol. The zero-order chi connectivity index (χ0) is 9.10. The molecule has 1 aromatic rings. The van der Waals surface area contributed by atoms with Gasteiger partial charge in [0.05, 0.1) is 11.9 Å². The van der Waals surface area contributed by atoms with Gasteiger partial charge in [-0.15, -0.1) is 0 Å². The number of ether oxygens (including phenoxy) is 1. The van der Waals surface area contributed by atoms with Crippen LogP contribution in [-0.2, 0) is 4.74 Å². The highest BCUT2D eigenvalue weighted by molar-refractivity contribution is 5.82. The number of hydrogen-bond acceptors (Lipinski definition) is 2. The van der Waals surface area contributed by atoms with Crippen LogP contribution in [0.3, 0.4) is 0 Å². The molecule has 1 heterocycles. The van der Waals surface area contributed by atoms with Crippen LogP contribution in [0.15, 0.2) is 41.6 Å². The highest BCUT2D eigenvalue weighted by atomic mass is 16.5. The van der Waals surface area contributed by atoms with Crippen LogP contribution in [0.4, 0.5) is 5.69 Å². The number of rotatable bonds is 1. The third kappa shape index (κ3) is 1.96. The van der Waals surface area contributed by atoms with Crippen molar-refractivity contribution in [1.29, 1.82) is 0 Å². The molecule has 66 valence electrons. The van der Waals surface area contributed by atoms with Crippen LogP contribution < -0.4 is 0 Å². The molecule has 0 N–H and O–H groups in total. The van der Waals surface area contributed by atoms with Crippen molar-refractivity contribution in [3.8, 4) is 0 Å². The second-order valence-corrected chi connectivity index (χ2v) is 3.03. The average Bonchev–Trinajstić information content (AvgIpc) is 2.62. The van der Waals surface area contributed by atoms with Gasteiger partial charge in [0.15, 0.2) is 5.90 Å². The van der Waals surface area contributed by atoms with Crippen molar-refractivity contribution in [3.05, 3.63) is 42.2 Å². The predicted molar refractivity (Wildman–Crippen MR) is 53.1 cm³/mol. The maximum Gasteiger partial charge on any atom is 0.198 e. The molecule has 0 atom stereocenters. The van der Waals surface area contributed by atoms with Crippen molar-refractivity contribution in [2.45, 2.75) is 13.3 Å². The van der Waals surface area contributed by atoms with Gasteiger partial charge in [-0.3, -0.25) is 0 Å². The molecule has 0 amide bonds. The largest absolute Gasteiger partial charge is 0.451 e. The van der Waals surface area contributed by atoms with Crippen molar-refractivity contribution < 1.29 is 4.74 Å². The van der Waals surface area contributed by atoms with Crippen LogP contribution in [0.25, 0.3) is 0 Å². The third-order valence-corrected chi connectivity index (χ3v) is 1.88. The van der Waals surface area contributed by atoms with E-state index in [9.17, 15) is 0 Å². The van der Waals surface area contributed by atoms with Gasteiger partial charge in [-0.25, -0.2) is 4.99 Å². The molecular formula is C11H11NO. The second kappa shape index (κ2) is 3.44. The maximum absolute atomic E-state index is 5.16. The minimum Gasteiger partial charge on any atom is -0.451 e. The SMILES string of the molecule is Cc1ccc(N=C2CC=CO2)cc1. The van der Waals surface area contributed by atoms with Crippen molar-refractivity contribution in [1.82, 2.24) is 0 Å². The fourth-order valence-electron chi connectivity index (χ4n) is 1.16. The van der Waals surface area contributed by atoms with E-state index in [0.29, 0.717) is 0 Å². The summed E-state index contributed by atoms with van der Waals surface area (Å²) in [6.07, 6.45) is 4.42. The minimum atomic E-state index is 0.767. The highest BCUT2D eigenvalue weighted by Gasteiger charge is 2.02. The van der Waals surface area contributed by atoms with Gasteiger partial charge in [-0.2, -0.15) is 0 Å². The Bertz CT molecular complexity index is 339. The number of benzene rings is 1. The Hall–Kier alpha value is -1.57. The molecule has 0 saturated heterocycles. The Balaban J connectivity index is 2.18. The molecule has 0 bridgehead atoms.